The summed E-state index contributed by atoms with van der Waals surface area (Å²) in [5, 5.41) is 0. The van der Waals surface area contributed by atoms with E-state index in [1.165, 1.54) is 17.5 Å². The van der Waals surface area contributed by atoms with Gasteiger partial charge in [0.1, 0.15) is 0 Å². The van der Waals surface area contributed by atoms with E-state index < -0.39 is 0 Å². The minimum atomic E-state index is 0.325. The highest BCUT2D eigenvalue weighted by Gasteiger charge is 2.31. The summed E-state index contributed by atoms with van der Waals surface area (Å²) in [5.41, 5.74) is 3.18. The lowest BCUT2D eigenvalue weighted by Crippen LogP contribution is -2.41. The first-order valence-corrected chi connectivity index (χ1v) is 7.89. The molecule has 0 spiro atoms. The number of ether oxygens (including phenoxy) is 1. The van der Waals surface area contributed by atoms with E-state index in [2.05, 4.69) is 56.9 Å². The molecule has 2 rings (SSSR count). The topological polar surface area (TPSA) is 12.5 Å². The number of rotatable bonds is 5. The van der Waals surface area contributed by atoms with Crippen molar-refractivity contribution < 1.29 is 4.74 Å². The monoisotopic (exact) mass is 275 g/mol. The Morgan fingerprint density at radius 3 is 2.55 bits per heavy atom. The molecule has 112 valence electrons. The predicted molar refractivity (Wildman–Crippen MR) is 85.3 cm³/mol. The van der Waals surface area contributed by atoms with Gasteiger partial charge in [0.15, 0.2) is 0 Å². The number of hydrogen-bond acceptors (Lipinski definition) is 2. The molecule has 0 bridgehead atoms. The van der Waals surface area contributed by atoms with Crippen molar-refractivity contribution in [1.29, 1.82) is 0 Å². The first kappa shape index (κ1) is 15.5. The second-order valence-electron chi connectivity index (χ2n) is 6.72. The third kappa shape index (κ3) is 3.83. The first-order chi connectivity index (χ1) is 9.53. The van der Waals surface area contributed by atoms with Crippen LogP contribution in [0.3, 0.4) is 0 Å². The standard InChI is InChI=1S/C18H29NO/c1-5-18(3,4)17(14-19-9-11-20-12-10-19)16-8-6-7-15(2)13-16/h6-8,13,17H,5,9-12,14H2,1-4H3. The molecule has 2 heteroatoms. The van der Waals surface area contributed by atoms with Gasteiger partial charge in [0.25, 0.3) is 0 Å². The van der Waals surface area contributed by atoms with Crippen molar-refractivity contribution in [2.24, 2.45) is 5.41 Å². The van der Waals surface area contributed by atoms with Crippen molar-refractivity contribution in [3.05, 3.63) is 35.4 Å². The molecule has 0 N–H and O–H groups in total. The third-order valence-electron chi connectivity index (χ3n) is 4.84. The van der Waals surface area contributed by atoms with Gasteiger partial charge in [-0.15, -0.1) is 0 Å². The molecule has 1 unspecified atom stereocenters. The van der Waals surface area contributed by atoms with E-state index in [0.29, 0.717) is 11.3 Å². The van der Waals surface area contributed by atoms with E-state index in [4.69, 9.17) is 4.74 Å². The van der Waals surface area contributed by atoms with Crippen molar-refractivity contribution in [1.82, 2.24) is 4.90 Å². The maximum atomic E-state index is 5.48. The highest BCUT2D eigenvalue weighted by molar-refractivity contribution is 5.27. The number of morpholine rings is 1. The lowest BCUT2D eigenvalue weighted by molar-refractivity contribution is 0.0276. The molecule has 0 amide bonds. The van der Waals surface area contributed by atoms with Crippen LogP contribution in [0.4, 0.5) is 0 Å². The van der Waals surface area contributed by atoms with Crippen LogP contribution < -0.4 is 0 Å². The Morgan fingerprint density at radius 1 is 1.25 bits per heavy atom. The fourth-order valence-corrected chi connectivity index (χ4v) is 2.98. The van der Waals surface area contributed by atoms with Crippen molar-refractivity contribution >= 4 is 0 Å². The van der Waals surface area contributed by atoms with Gasteiger partial charge in [-0.25, -0.2) is 0 Å². The number of nitrogens with zero attached hydrogens (tertiary/aromatic N) is 1. The second kappa shape index (κ2) is 6.73. The Morgan fingerprint density at radius 2 is 1.95 bits per heavy atom. The van der Waals surface area contributed by atoms with Gasteiger partial charge in [-0.2, -0.15) is 0 Å². The molecule has 1 saturated heterocycles. The summed E-state index contributed by atoms with van der Waals surface area (Å²) in [7, 11) is 0. The quantitative estimate of drug-likeness (QED) is 0.809. The van der Waals surface area contributed by atoms with E-state index >= 15 is 0 Å². The molecule has 20 heavy (non-hydrogen) atoms. The lowest BCUT2D eigenvalue weighted by Gasteiger charge is -2.39. The van der Waals surface area contributed by atoms with Crippen molar-refractivity contribution in [3.8, 4) is 0 Å². The van der Waals surface area contributed by atoms with Crippen LogP contribution in [0.25, 0.3) is 0 Å². The third-order valence-corrected chi connectivity index (χ3v) is 4.84. The molecular weight excluding hydrogens is 246 g/mol. The van der Waals surface area contributed by atoms with Gasteiger partial charge in [0.05, 0.1) is 13.2 Å². The minimum absolute atomic E-state index is 0.325. The van der Waals surface area contributed by atoms with E-state index in [-0.39, 0.29) is 0 Å². The van der Waals surface area contributed by atoms with Crippen LogP contribution in [-0.4, -0.2) is 37.7 Å². The summed E-state index contributed by atoms with van der Waals surface area (Å²) in [6.07, 6.45) is 1.20. The highest BCUT2D eigenvalue weighted by atomic mass is 16.5. The molecule has 0 aliphatic carbocycles. The maximum Gasteiger partial charge on any atom is 0.0594 e. The van der Waals surface area contributed by atoms with E-state index in [1.54, 1.807) is 0 Å². The number of benzene rings is 1. The van der Waals surface area contributed by atoms with Crippen LogP contribution in [0.5, 0.6) is 0 Å². The summed E-state index contributed by atoms with van der Waals surface area (Å²) >= 11 is 0. The normalized spacial score (nSPS) is 19.0. The molecule has 1 aliphatic heterocycles. The van der Waals surface area contributed by atoms with Crippen molar-refractivity contribution in [2.45, 2.75) is 40.0 Å². The van der Waals surface area contributed by atoms with E-state index in [9.17, 15) is 0 Å². The van der Waals surface area contributed by atoms with E-state index in [0.717, 1.165) is 32.8 Å². The lowest BCUT2D eigenvalue weighted by atomic mass is 9.72. The van der Waals surface area contributed by atoms with Crippen molar-refractivity contribution in [2.75, 3.05) is 32.8 Å². The minimum Gasteiger partial charge on any atom is -0.379 e. The predicted octanol–water partition coefficient (Wildman–Crippen LogP) is 3.85. The molecule has 1 aromatic carbocycles. The molecule has 1 fully saturated rings. The Hall–Kier alpha value is -0.860. The van der Waals surface area contributed by atoms with Gasteiger partial charge >= 0.3 is 0 Å². The zero-order valence-electron chi connectivity index (χ0n) is 13.5. The molecule has 1 aromatic rings. The molecular formula is C18H29NO. The van der Waals surface area contributed by atoms with Crippen LogP contribution >= 0.6 is 0 Å². The Bertz CT molecular complexity index is 421. The molecule has 1 heterocycles. The Balaban J connectivity index is 2.20. The Labute approximate surface area is 124 Å². The SMILES string of the molecule is CCC(C)(C)C(CN1CCOCC1)c1cccc(C)c1. The zero-order chi connectivity index (χ0) is 14.6. The molecule has 1 atom stereocenters. The molecule has 0 radical (unpaired) electrons. The first-order valence-electron chi connectivity index (χ1n) is 7.89. The molecule has 0 aromatic heterocycles. The highest BCUT2D eigenvalue weighted by Crippen LogP contribution is 2.39. The summed E-state index contributed by atoms with van der Waals surface area (Å²) < 4.78 is 5.48. The Kier molecular flexibility index (Phi) is 5.22. The van der Waals surface area contributed by atoms with Gasteiger partial charge in [0.2, 0.25) is 0 Å². The molecule has 2 nitrogen and oxygen atoms in total. The van der Waals surface area contributed by atoms with Crippen LogP contribution in [0.1, 0.15) is 44.2 Å². The largest absolute Gasteiger partial charge is 0.379 e. The van der Waals surface area contributed by atoms with Crippen LogP contribution in [-0.2, 0) is 4.74 Å². The van der Waals surface area contributed by atoms with Crippen LogP contribution in [0.15, 0.2) is 24.3 Å². The van der Waals surface area contributed by atoms with Gasteiger partial charge in [-0.1, -0.05) is 57.0 Å². The fourth-order valence-electron chi connectivity index (χ4n) is 2.98. The number of hydrogen-bond donors (Lipinski definition) is 0. The molecule has 0 saturated carbocycles. The summed E-state index contributed by atoms with van der Waals surface area (Å²) in [4.78, 5) is 2.56. The van der Waals surface area contributed by atoms with Crippen LogP contribution in [0, 0.1) is 12.3 Å². The number of aryl methyl sites for hydroxylation is 1. The van der Waals surface area contributed by atoms with Gasteiger partial charge in [-0.05, 0) is 17.9 Å². The fraction of sp³-hybridized carbons (Fsp3) is 0.667. The van der Waals surface area contributed by atoms with Crippen molar-refractivity contribution in [3.63, 3.8) is 0 Å². The average Bonchev–Trinajstić information content (AvgIpc) is 2.45. The van der Waals surface area contributed by atoms with Gasteiger partial charge < -0.3 is 4.74 Å². The van der Waals surface area contributed by atoms with Gasteiger partial charge in [-0.3, -0.25) is 4.90 Å². The second-order valence-corrected chi connectivity index (χ2v) is 6.72. The summed E-state index contributed by atoms with van der Waals surface area (Å²) in [6.45, 7) is 14.4. The zero-order valence-corrected chi connectivity index (χ0v) is 13.5. The summed E-state index contributed by atoms with van der Waals surface area (Å²) in [5.74, 6) is 0.588. The van der Waals surface area contributed by atoms with E-state index in [1.807, 2.05) is 0 Å². The summed E-state index contributed by atoms with van der Waals surface area (Å²) in [6, 6.07) is 9.05. The molecule has 1 aliphatic rings. The average molecular weight is 275 g/mol. The van der Waals surface area contributed by atoms with Gasteiger partial charge in [0, 0.05) is 25.6 Å². The maximum absolute atomic E-state index is 5.48. The smallest absolute Gasteiger partial charge is 0.0594 e. The van der Waals surface area contributed by atoms with Crippen LogP contribution in [0.2, 0.25) is 0 Å².